The van der Waals surface area contributed by atoms with Gasteiger partial charge in [0, 0.05) is 12.1 Å². The molecule has 0 fully saturated rings. The van der Waals surface area contributed by atoms with Crippen molar-refractivity contribution in [3.8, 4) is 0 Å². The van der Waals surface area contributed by atoms with Crippen molar-refractivity contribution in [3.05, 3.63) is 33.3 Å². The van der Waals surface area contributed by atoms with Crippen LogP contribution in [0.2, 0.25) is 5.02 Å². The number of hydrogen-bond donors (Lipinski definition) is 0. The molecule has 1 aromatic rings. The minimum absolute atomic E-state index is 0.00384. The van der Waals surface area contributed by atoms with Crippen molar-refractivity contribution in [1.82, 2.24) is 0 Å². The third-order valence-electron chi connectivity index (χ3n) is 1.28. The van der Waals surface area contributed by atoms with E-state index in [2.05, 4.69) is 4.36 Å². The summed E-state index contributed by atoms with van der Waals surface area (Å²) in [7, 11) is 0. The van der Waals surface area contributed by atoms with E-state index in [4.69, 9.17) is 11.6 Å². The van der Waals surface area contributed by atoms with Gasteiger partial charge in [-0.1, -0.05) is 11.6 Å². The zero-order valence-corrected chi connectivity index (χ0v) is 7.71. The van der Waals surface area contributed by atoms with Gasteiger partial charge in [0.25, 0.3) is 5.69 Å². The maximum atomic E-state index is 10.3. The molecule has 0 heterocycles. The molecular weight excluding hydrogens is 216 g/mol. The first-order valence-corrected chi connectivity index (χ1v) is 4.17. The van der Waals surface area contributed by atoms with Gasteiger partial charge in [0.1, 0.15) is 0 Å². The number of nitrogens with zero attached hydrogens (tertiary/aromatic N) is 2. The molecule has 0 spiro atoms. The molecule has 0 saturated carbocycles. The highest BCUT2D eigenvalue weighted by Crippen LogP contribution is 2.28. The lowest BCUT2D eigenvalue weighted by Gasteiger charge is -1.94. The summed E-state index contributed by atoms with van der Waals surface area (Å²) >= 11 is 5.61. The number of rotatable bonds is 2. The van der Waals surface area contributed by atoms with Gasteiger partial charge in [0.05, 0.1) is 15.6 Å². The highest BCUT2D eigenvalue weighted by atomic mass is 35.5. The second-order valence-electron chi connectivity index (χ2n) is 2.06. The molecule has 7 heteroatoms. The van der Waals surface area contributed by atoms with Crippen LogP contribution in [0.3, 0.4) is 0 Å². The third kappa shape index (κ3) is 2.33. The Kier molecular flexibility index (Phi) is 3.10. The summed E-state index contributed by atoms with van der Waals surface area (Å²) in [5.74, 6) is 0. The lowest BCUT2D eigenvalue weighted by atomic mass is 10.3. The minimum atomic E-state index is -0.569. The molecule has 0 aliphatic heterocycles. The highest BCUT2D eigenvalue weighted by Gasteiger charge is 2.08. The molecule has 1 aromatic carbocycles. The van der Waals surface area contributed by atoms with Gasteiger partial charge >= 0.3 is 0 Å². The lowest BCUT2D eigenvalue weighted by molar-refractivity contribution is -0.384. The summed E-state index contributed by atoms with van der Waals surface area (Å²) in [5, 5.41) is 10.4. The summed E-state index contributed by atoms with van der Waals surface area (Å²) in [4.78, 5) is 9.70. The maximum Gasteiger partial charge on any atom is 0.271 e. The van der Waals surface area contributed by atoms with E-state index in [0.29, 0.717) is 0 Å². The van der Waals surface area contributed by atoms with Gasteiger partial charge < -0.3 is 0 Å². The fourth-order valence-electron chi connectivity index (χ4n) is 0.724. The Labute approximate surface area is 81.7 Å². The fraction of sp³-hybridized carbons (Fsp3) is 0. The topological polar surface area (TPSA) is 72.6 Å². The molecule has 0 radical (unpaired) electrons. The van der Waals surface area contributed by atoms with Crippen molar-refractivity contribution in [2.24, 2.45) is 4.36 Å². The van der Waals surface area contributed by atoms with E-state index in [9.17, 15) is 14.3 Å². The number of halogens is 1. The molecule has 0 aliphatic carbocycles. The molecule has 0 N–H and O–H groups in total. The summed E-state index contributed by atoms with van der Waals surface area (Å²) in [5.41, 5.74) is 0.118. The van der Waals surface area contributed by atoms with Gasteiger partial charge in [-0.2, -0.15) is 8.57 Å². The summed E-state index contributed by atoms with van der Waals surface area (Å²) in [6.45, 7) is 0. The highest BCUT2D eigenvalue weighted by molar-refractivity contribution is 7.54. The Morgan fingerprint density at radius 3 is 2.69 bits per heavy atom. The monoisotopic (exact) mass is 218 g/mol. The Morgan fingerprint density at radius 2 is 2.23 bits per heavy atom. The van der Waals surface area contributed by atoms with Gasteiger partial charge in [0.15, 0.2) is 0 Å². The SMILES string of the molecule is O=S=Nc1ccc([N+](=O)[O-])cc1Cl. The Bertz CT molecular complexity index is 403. The first kappa shape index (κ1) is 9.82. The Hall–Kier alpha value is -1.27. The number of benzene rings is 1. The van der Waals surface area contributed by atoms with Gasteiger partial charge in [-0.25, -0.2) is 0 Å². The zero-order valence-electron chi connectivity index (χ0n) is 6.14. The van der Waals surface area contributed by atoms with Crippen molar-refractivity contribution in [1.29, 1.82) is 0 Å². The van der Waals surface area contributed by atoms with E-state index in [1.165, 1.54) is 12.1 Å². The molecule has 0 saturated heterocycles. The molecule has 0 bridgehead atoms. The van der Waals surface area contributed by atoms with Crippen molar-refractivity contribution < 1.29 is 9.13 Å². The van der Waals surface area contributed by atoms with E-state index < -0.39 is 4.92 Å². The van der Waals surface area contributed by atoms with Crippen LogP contribution in [0.15, 0.2) is 22.6 Å². The Morgan fingerprint density at radius 1 is 1.54 bits per heavy atom. The molecule has 0 atom stereocenters. The van der Waals surface area contributed by atoms with E-state index in [1.807, 2.05) is 0 Å². The quantitative estimate of drug-likeness (QED) is 0.565. The van der Waals surface area contributed by atoms with Crippen LogP contribution in [-0.2, 0) is 11.5 Å². The zero-order chi connectivity index (χ0) is 9.84. The fourth-order valence-corrected chi connectivity index (χ4v) is 1.23. The molecule has 1 rings (SSSR count). The number of non-ortho nitro benzene ring substituents is 1. The van der Waals surface area contributed by atoms with Crippen LogP contribution in [0, 0.1) is 10.1 Å². The molecule has 0 unspecified atom stereocenters. The normalized spacial score (nSPS) is 9.31. The minimum Gasteiger partial charge on any atom is -0.258 e. The molecule has 5 nitrogen and oxygen atoms in total. The Balaban J connectivity index is 3.19. The molecule has 13 heavy (non-hydrogen) atoms. The largest absolute Gasteiger partial charge is 0.271 e. The lowest BCUT2D eigenvalue weighted by Crippen LogP contribution is -1.86. The van der Waals surface area contributed by atoms with E-state index in [-0.39, 0.29) is 27.9 Å². The van der Waals surface area contributed by atoms with Gasteiger partial charge in [0.2, 0.25) is 11.5 Å². The third-order valence-corrected chi connectivity index (χ3v) is 1.85. The van der Waals surface area contributed by atoms with Crippen LogP contribution < -0.4 is 0 Å². The predicted octanol–water partition coefficient (Wildman–Crippen LogP) is 2.28. The average Bonchev–Trinajstić information content (AvgIpc) is 2.08. The average molecular weight is 219 g/mol. The molecule has 0 amide bonds. The first-order valence-electron chi connectivity index (χ1n) is 3.09. The van der Waals surface area contributed by atoms with Gasteiger partial charge in [-0.15, -0.1) is 0 Å². The summed E-state index contributed by atoms with van der Waals surface area (Å²) < 4.78 is 13.4. The first-order chi connectivity index (χ1) is 6.15. The van der Waals surface area contributed by atoms with Gasteiger partial charge in [-0.05, 0) is 6.07 Å². The van der Waals surface area contributed by atoms with Crippen LogP contribution >= 0.6 is 11.6 Å². The van der Waals surface area contributed by atoms with Crippen LogP contribution in [0.25, 0.3) is 0 Å². The molecule has 0 aromatic heterocycles. The predicted molar refractivity (Wildman–Crippen MR) is 48.3 cm³/mol. The van der Waals surface area contributed by atoms with Crippen molar-refractivity contribution in [2.75, 3.05) is 0 Å². The number of nitro benzene ring substituents is 1. The second-order valence-corrected chi connectivity index (χ2v) is 2.80. The van der Waals surface area contributed by atoms with Crippen molar-refractivity contribution >= 4 is 34.4 Å². The van der Waals surface area contributed by atoms with Crippen LogP contribution in [0.5, 0.6) is 0 Å². The standard InChI is InChI=1S/C6H3ClN2O3S/c7-5-3-4(9(10)11)1-2-6(5)8-13-12/h1-3H. The van der Waals surface area contributed by atoms with Crippen LogP contribution in [-0.4, -0.2) is 9.13 Å². The van der Waals surface area contributed by atoms with Crippen LogP contribution in [0.1, 0.15) is 0 Å². The van der Waals surface area contributed by atoms with Crippen molar-refractivity contribution in [2.45, 2.75) is 0 Å². The number of hydrogen-bond acceptors (Lipinski definition) is 4. The van der Waals surface area contributed by atoms with Crippen molar-refractivity contribution in [3.63, 3.8) is 0 Å². The van der Waals surface area contributed by atoms with E-state index in [0.717, 1.165) is 6.07 Å². The maximum absolute atomic E-state index is 10.3. The van der Waals surface area contributed by atoms with E-state index in [1.54, 1.807) is 0 Å². The van der Waals surface area contributed by atoms with E-state index >= 15 is 0 Å². The molecular formula is C6H3ClN2O3S. The van der Waals surface area contributed by atoms with Crippen LogP contribution in [0.4, 0.5) is 11.4 Å². The molecule has 68 valence electrons. The smallest absolute Gasteiger partial charge is 0.258 e. The molecule has 0 aliphatic rings. The van der Waals surface area contributed by atoms with Gasteiger partial charge in [-0.3, -0.25) is 10.1 Å². The summed E-state index contributed by atoms with van der Waals surface area (Å²) in [6.07, 6.45) is 0. The summed E-state index contributed by atoms with van der Waals surface area (Å²) in [6, 6.07) is 3.71. The second kappa shape index (κ2) is 4.11. The number of nitro groups is 1.